The Morgan fingerprint density at radius 1 is 1.39 bits per heavy atom. The molecule has 0 bridgehead atoms. The summed E-state index contributed by atoms with van der Waals surface area (Å²) >= 11 is 12.1. The summed E-state index contributed by atoms with van der Waals surface area (Å²) < 4.78 is 10.7. The number of fused-ring (bicyclic) bond motifs is 1. The number of rotatable bonds is 3. The summed E-state index contributed by atoms with van der Waals surface area (Å²) in [6.07, 6.45) is 4.83. The Hall–Kier alpha value is -2.24. The third-order valence-electron chi connectivity index (χ3n) is 3.26. The van der Waals surface area contributed by atoms with Crippen LogP contribution >= 0.6 is 23.2 Å². The number of nitrogens with zero attached hydrogens (tertiary/aromatic N) is 1. The molecule has 0 saturated carbocycles. The maximum Gasteiger partial charge on any atom is 0.274 e. The second-order valence-electron chi connectivity index (χ2n) is 4.90. The highest BCUT2D eigenvalue weighted by Gasteiger charge is 2.15. The molecule has 1 aliphatic heterocycles. The molecular weight excluding hydrogens is 339 g/mol. The van der Waals surface area contributed by atoms with Crippen LogP contribution in [-0.4, -0.2) is 18.7 Å². The lowest BCUT2D eigenvalue weighted by molar-refractivity contribution is 0.0953. The van der Waals surface area contributed by atoms with Crippen molar-refractivity contribution in [2.45, 2.75) is 6.92 Å². The fourth-order valence-electron chi connectivity index (χ4n) is 2.17. The van der Waals surface area contributed by atoms with Gasteiger partial charge in [-0.05, 0) is 31.2 Å². The first kappa shape index (κ1) is 15.6. The number of amides is 1. The van der Waals surface area contributed by atoms with Gasteiger partial charge in [0.05, 0.1) is 23.1 Å². The largest absolute Gasteiger partial charge is 0.487 e. The van der Waals surface area contributed by atoms with E-state index in [0.717, 1.165) is 11.1 Å². The van der Waals surface area contributed by atoms with Crippen molar-refractivity contribution in [3.05, 3.63) is 57.0 Å². The normalized spacial score (nSPS) is 13.4. The van der Waals surface area contributed by atoms with Gasteiger partial charge in [-0.25, -0.2) is 5.43 Å². The molecule has 2 aromatic rings. The molecule has 5 nitrogen and oxygen atoms in total. The molecule has 0 atom stereocenters. The van der Waals surface area contributed by atoms with Crippen molar-refractivity contribution in [3.8, 4) is 5.75 Å². The minimum absolute atomic E-state index is 0.304. The SMILES string of the molecule is Cc1occc1C(=O)N/N=C/C1=Cc2cc(Cl)cc(Cl)c2OC1. The molecule has 0 radical (unpaired) electrons. The first-order valence-corrected chi connectivity index (χ1v) is 7.50. The van der Waals surface area contributed by atoms with E-state index in [1.165, 1.54) is 12.5 Å². The number of nitrogens with one attached hydrogen (secondary N) is 1. The van der Waals surface area contributed by atoms with Crippen LogP contribution in [-0.2, 0) is 0 Å². The fraction of sp³-hybridized carbons (Fsp3) is 0.125. The van der Waals surface area contributed by atoms with Crippen LogP contribution in [0, 0.1) is 6.92 Å². The molecule has 0 unspecified atom stereocenters. The lowest BCUT2D eigenvalue weighted by Gasteiger charge is -2.17. The lowest BCUT2D eigenvalue weighted by atomic mass is 10.1. The van der Waals surface area contributed by atoms with E-state index in [0.29, 0.717) is 33.7 Å². The monoisotopic (exact) mass is 350 g/mol. The summed E-state index contributed by atoms with van der Waals surface area (Å²) in [4.78, 5) is 11.9. The predicted molar refractivity (Wildman–Crippen MR) is 89.3 cm³/mol. The zero-order chi connectivity index (χ0) is 16.4. The van der Waals surface area contributed by atoms with Gasteiger partial charge in [0.2, 0.25) is 0 Å². The van der Waals surface area contributed by atoms with E-state index in [1.807, 2.05) is 6.08 Å². The first-order chi connectivity index (χ1) is 11.0. The van der Waals surface area contributed by atoms with Gasteiger partial charge < -0.3 is 9.15 Å². The first-order valence-electron chi connectivity index (χ1n) is 6.74. The number of hydrogen-bond donors (Lipinski definition) is 1. The number of aryl methyl sites for hydroxylation is 1. The summed E-state index contributed by atoms with van der Waals surface area (Å²) in [5.41, 5.74) is 4.43. The van der Waals surface area contributed by atoms with E-state index < -0.39 is 0 Å². The van der Waals surface area contributed by atoms with Crippen molar-refractivity contribution in [3.63, 3.8) is 0 Å². The average Bonchev–Trinajstić information content (AvgIpc) is 2.93. The Balaban J connectivity index is 1.72. The molecule has 0 saturated heterocycles. The Bertz CT molecular complexity index is 825. The molecule has 1 aliphatic rings. The number of carbonyl (C=O) groups is 1. The Kier molecular flexibility index (Phi) is 4.41. The third-order valence-corrected chi connectivity index (χ3v) is 3.76. The van der Waals surface area contributed by atoms with Crippen LogP contribution in [0.2, 0.25) is 10.0 Å². The molecule has 118 valence electrons. The Morgan fingerprint density at radius 3 is 2.96 bits per heavy atom. The number of benzene rings is 1. The summed E-state index contributed by atoms with van der Waals surface area (Å²) in [6.45, 7) is 2.01. The third kappa shape index (κ3) is 3.41. The number of ether oxygens (including phenoxy) is 1. The number of hydrogen-bond acceptors (Lipinski definition) is 4. The van der Waals surface area contributed by atoms with Gasteiger partial charge in [-0.15, -0.1) is 0 Å². The molecule has 0 aliphatic carbocycles. The number of halogens is 2. The van der Waals surface area contributed by atoms with Crippen molar-refractivity contribution >= 4 is 41.4 Å². The summed E-state index contributed by atoms with van der Waals surface area (Å²) in [7, 11) is 0. The average molecular weight is 351 g/mol. The van der Waals surface area contributed by atoms with Gasteiger partial charge in [-0.1, -0.05) is 23.2 Å². The molecule has 23 heavy (non-hydrogen) atoms. The Morgan fingerprint density at radius 2 is 2.22 bits per heavy atom. The van der Waals surface area contributed by atoms with Gasteiger partial charge in [0.25, 0.3) is 5.91 Å². The maximum atomic E-state index is 11.9. The molecule has 2 heterocycles. The van der Waals surface area contributed by atoms with E-state index in [-0.39, 0.29) is 5.91 Å². The predicted octanol–water partition coefficient (Wildman–Crippen LogP) is 4.09. The standard InChI is InChI=1S/C16H12Cl2N2O3/c1-9-13(2-3-22-9)16(21)20-19-7-10-4-11-5-12(17)6-14(18)15(11)23-8-10/h2-7H,8H2,1H3,(H,20,21)/b19-7+. The van der Waals surface area contributed by atoms with Crippen LogP contribution in [0.3, 0.4) is 0 Å². The molecule has 0 spiro atoms. The molecular formula is C16H12Cl2N2O3. The molecule has 1 amide bonds. The van der Waals surface area contributed by atoms with Gasteiger partial charge in [0.1, 0.15) is 18.1 Å². The summed E-state index contributed by atoms with van der Waals surface area (Å²) in [5.74, 6) is 0.790. The summed E-state index contributed by atoms with van der Waals surface area (Å²) in [6, 6.07) is 4.97. The Labute approximate surface area is 142 Å². The minimum atomic E-state index is -0.337. The topological polar surface area (TPSA) is 63.8 Å². The highest BCUT2D eigenvalue weighted by atomic mass is 35.5. The van der Waals surface area contributed by atoms with Crippen molar-refractivity contribution in [1.82, 2.24) is 5.43 Å². The van der Waals surface area contributed by atoms with Gasteiger partial charge in [-0.3, -0.25) is 4.79 Å². The highest BCUT2D eigenvalue weighted by Crippen LogP contribution is 2.36. The van der Waals surface area contributed by atoms with Crippen molar-refractivity contribution < 1.29 is 13.9 Å². The highest BCUT2D eigenvalue weighted by molar-refractivity contribution is 6.36. The van der Waals surface area contributed by atoms with Gasteiger partial charge in [0.15, 0.2) is 0 Å². The van der Waals surface area contributed by atoms with Crippen LogP contribution in [0.25, 0.3) is 6.08 Å². The number of hydrazone groups is 1. The van der Waals surface area contributed by atoms with Gasteiger partial charge in [0, 0.05) is 16.2 Å². The zero-order valence-corrected chi connectivity index (χ0v) is 13.6. The molecule has 1 N–H and O–H groups in total. The molecule has 1 aromatic carbocycles. The second kappa shape index (κ2) is 6.48. The number of furan rings is 1. The van der Waals surface area contributed by atoms with Gasteiger partial charge >= 0.3 is 0 Å². The van der Waals surface area contributed by atoms with Crippen molar-refractivity contribution in [1.29, 1.82) is 0 Å². The molecule has 3 rings (SSSR count). The van der Waals surface area contributed by atoms with Crippen LogP contribution in [0.15, 0.2) is 39.6 Å². The molecule has 1 aromatic heterocycles. The van der Waals surface area contributed by atoms with E-state index in [1.54, 1.807) is 25.1 Å². The quantitative estimate of drug-likeness (QED) is 0.669. The molecule has 7 heteroatoms. The van der Waals surface area contributed by atoms with E-state index >= 15 is 0 Å². The van der Waals surface area contributed by atoms with Gasteiger partial charge in [-0.2, -0.15) is 5.10 Å². The fourth-order valence-corrected chi connectivity index (χ4v) is 2.73. The molecule has 0 fully saturated rings. The smallest absolute Gasteiger partial charge is 0.274 e. The lowest BCUT2D eigenvalue weighted by Crippen LogP contribution is -2.18. The van der Waals surface area contributed by atoms with E-state index in [2.05, 4.69) is 10.5 Å². The van der Waals surface area contributed by atoms with Crippen LogP contribution in [0.4, 0.5) is 0 Å². The van der Waals surface area contributed by atoms with E-state index in [9.17, 15) is 4.79 Å². The van der Waals surface area contributed by atoms with Crippen LogP contribution in [0.1, 0.15) is 21.7 Å². The summed E-state index contributed by atoms with van der Waals surface area (Å²) in [5, 5.41) is 4.91. The minimum Gasteiger partial charge on any atom is -0.487 e. The number of carbonyl (C=O) groups excluding carboxylic acids is 1. The maximum absolute atomic E-state index is 11.9. The van der Waals surface area contributed by atoms with Crippen LogP contribution < -0.4 is 10.2 Å². The van der Waals surface area contributed by atoms with Crippen molar-refractivity contribution in [2.75, 3.05) is 6.61 Å². The van der Waals surface area contributed by atoms with E-state index in [4.69, 9.17) is 32.4 Å². The second-order valence-corrected chi connectivity index (χ2v) is 5.75. The van der Waals surface area contributed by atoms with Crippen LogP contribution in [0.5, 0.6) is 5.75 Å². The van der Waals surface area contributed by atoms with Crippen molar-refractivity contribution in [2.24, 2.45) is 5.10 Å². The zero-order valence-electron chi connectivity index (χ0n) is 12.1.